The maximum atomic E-state index is 5.85. The number of hydrogen-bond donors (Lipinski definition) is 1. The van der Waals surface area contributed by atoms with E-state index < -0.39 is 0 Å². The minimum atomic E-state index is 0.367. The molecule has 2 heteroatoms. The van der Waals surface area contributed by atoms with Gasteiger partial charge >= 0.3 is 0 Å². The van der Waals surface area contributed by atoms with Crippen LogP contribution in [0.4, 0.5) is 0 Å². The van der Waals surface area contributed by atoms with E-state index in [-0.39, 0.29) is 0 Å². The quantitative estimate of drug-likeness (QED) is 0.857. The topological polar surface area (TPSA) is 35.2 Å². The molecule has 0 aliphatic carbocycles. The van der Waals surface area contributed by atoms with Gasteiger partial charge in [0.15, 0.2) is 0 Å². The Morgan fingerprint density at radius 2 is 1.84 bits per heavy atom. The number of aryl methyl sites for hydroxylation is 1. The average Bonchev–Trinajstić information content (AvgIpc) is 2.45. The van der Waals surface area contributed by atoms with Gasteiger partial charge in [-0.05, 0) is 49.1 Å². The lowest BCUT2D eigenvalue weighted by Crippen LogP contribution is -2.15. The van der Waals surface area contributed by atoms with Crippen LogP contribution in [0, 0.1) is 6.92 Å². The van der Waals surface area contributed by atoms with E-state index >= 15 is 0 Å². The van der Waals surface area contributed by atoms with Crippen molar-refractivity contribution in [2.75, 3.05) is 13.2 Å². The number of ether oxygens (including phenoxy) is 1. The van der Waals surface area contributed by atoms with E-state index in [0.717, 1.165) is 12.2 Å². The molecule has 0 spiro atoms. The monoisotopic (exact) mass is 255 g/mol. The Morgan fingerprint density at radius 3 is 2.53 bits per heavy atom. The van der Waals surface area contributed by atoms with E-state index in [2.05, 4.69) is 43.3 Å². The van der Waals surface area contributed by atoms with Gasteiger partial charge in [0.05, 0.1) is 6.61 Å². The highest BCUT2D eigenvalue weighted by Gasteiger charge is 2.09. The lowest BCUT2D eigenvalue weighted by Gasteiger charge is -2.15. The van der Waals surface area contributed by atoms with Crippen LogP contribution in [-0.4, -0.2) is 13.2 Å². The van der Waals surface area contributed by atoms with Gasteiger partial charge < -0.3 is 10.5 Å². The highest BCUT2D eigenvalue weighted by molar-refractivity contribution is 5.27. The number of hydrogen-bond acceptors (Lipinski definition) is 2. The van der Waals surface area contributed by atoms with E-state index in [1.807, 2.05) is 18.2 Å². The molecule has 0 aliphatic heterocycles. The van der Waals surface area contributed by atoms with E-state index in [1.165, 1.54) is 11.1 Å². The summed E-state index contributed by atoms with van der Waals surface area (Å²) in [5, 5.41) is 0. The minimum Gasteiger partial charge on any atom is -0.494 e. The van der Waals surface area contributed by atoms with E-state index in [1.54, 1.807) is 0 Å². The van der Waals surface area contributed by atoms with Crippen molar-refractivity contribution in [1.29, 1.82) is 0 Å². The Kier molecular flexibility index (Phi) is 4.99. The Balaban J connectivity index is 1.87. The predicted molar refractivity (Wildman–Crippen MR) is 79.5 cm³/mol. The molecule has 1 unspecified atom stereocenters. The molecule has 0 bridgehead atoms. The van der Waals surface area contributed by atoms with Gasteiger partial charge in [-0.2, -0.15) is 0 Å². The van der Waals surface area contributed by atoms with Gasteiger partial charge in [-0.15, -0.1) is 0 Å². The fraction of sp³-hybridized carbons (Fsp3) is 0.294. The van der Waals surface area contributed by atoms with E-state index in [4.69, 9.17) is 10.5 Å². The highest BCUT2D eigenvalue weighted by Crippen LogP contribution is 2.19. The van der Waals surface area contributed by atoms with Crippen LogP contribution in [0.2, 0.25) is 0 Å². The summed E-state index contributed by atoms with van der Waals surface area (Å²) in [4.78, 5) is 0. The first-order valence-corrected chi connectivity index (χ1v) is 6.74. The Labute approximate surface area is 115 Å². The molecule has 0 radical (unpaired) electrons. The van der Waals surface area contributed by atoms with Crippen molar-refractivity contribution in [3.8, 4) is 5.75 Å². The van der Waals surface area contributed by atoms with Gasteiger partial charge in [-0.25, -0.2) is 0 Å². The van der Waals surface area contributed by atoms with Crippen molar-refractivity contribution in [2.24, 2.45) is 5.73 Å². The van der Waals surface area contributed by atoms with Crippen LogP contribution in [0.1, 0.15) is 23.5 Å². The van der Waals surface area contributed by atoms with Crippen molar-refractivity contribution < 1.29 is 4.74 Å². The van der Waals surface area contributed by atoms with Crippen molar-refractivity contribution in [1.82, 2.24) is 0 Å². The molecule has 0 saturated carbocycles. The van der Waals surface area contributed by atoms with Gasteiger partial charge in [0.2, 0.25) is 0 Å². The molecule has 0 aliphatic rings. The van der Waals surface area contributed by atoms with Crippen molar-refractivity contribution in [3.63, 3.8) is 0 Å². The summed E-state index contributed by atoms with van der Waals surface area (Å²) in [6, 6.07) is 18.5. The fourth-order valence-corrected chi connectivity index (χ4v) is 2.17. The summed E-state index contributed by atoms with van der Waals surface area (Å²) < 4.78 is 5.79. The van der Waals surface area contributed by atoms with Crippen LogP contribution in [0.25, 0.3) is 0 Å². The van der Waals surface area contributed by atoms with Crippen LogP contribution < -0.4 is 10.5 Å². The van der Waals surface area contributed by atoms with Crippen molar-refractivity contribution >= 4 is 0 Å². The average molecular weight is 255 g/mol. The smallest absolute Gasteiger partial charge is 0.119 e. The second kappa shape index (κ2) is 6.95. The van der Waals surface area contributed by atoms with Crippen LogP contribution in [0.5, 0.6) is 5.75 Å². The first-order chi connectivity index (χ1) is 9.29. The maximum absolute atomic E-state index is 5.85. The lowest BCUT2D eigenvalue weighted by molar-refractivity contribution is 0.298. The lowest BCUT2D eigenvalue weighted by atomic mass is 9.96. The molecule has 2 rings (SSSR count). The van der Waals surface area contributed by atoms with Crippen molar-refractivity contribution in [2.45, 2.75) is 19.3 Å². The molecule has 0 aromatic heterocycles. The second-order valence-electron chi connectivity index (χ2n) is 4.80. The maximum Gasteiger partial charge on any atom is 0.119 e. The zero-order chi connectivity index (χ0) is 13.5. The summed E-state index contributed by atoms with van der Waals surface area (Å²) in [7, 11) is 0. The first-order valence-electron chi connectivity index (χ1n) is 6.74. The normalized spacial score (nSPS) is 12.1. The molecule has 2 aromatic carbocycles. The van der Waals surface area contributed by atoms with Crippen LogP contribution in [-0.2, 0) is 0 Å². The van der Waals surface area contributed by atoms with Gasteiger partial charge in [-0.3, -0.25) is 0 Å². The third-order valence-electron chi connectivity index (χ3n) is 3.28. The summed E-state index contributed by atoms with van der Waals surface area (Å²) in [6.07, 6.45) is 0.939. The largest absolute Gasteiger partial charge is 0.494 e. The highest BCUT2D eigenvalue weighted by atomic mass is 16.5. The summed E-state index contributed by atoms with van der Waals surface area (Å²) in [5.41, 5.74) is 8.36. The molecule has 0 fully saturated rings. The van der Waals surface area contributed by atoms with E-state index in [9.17, 15) is 0 Å². The Morgan fingerprint density at radius 1 is 1.05 bits per heavy atom. The molecular formula is C17H21NO. The molecule has 2 nitrogen and oxygen atoms in total. The minimum absolute atomic E-state index is 0.367. The van der Waals surface area contributed by atoms with Gasteiger partial charge in [0.1, 0.15) is 5.75 Å². The Hall–Kier alpha value is -1.80. The molecule has 2 N–H and O–H groups in total. The van der Waals surface area contributed by atoms with Crippen LogP contribution in [0.15, 0.2) is 54.6 Å². The SMILES string of the molecule is Cc1cccc(OCCC(CN)c2ccccc2)c1. The molecule has 2 aromatic rings. The number of benzene rings is 2. The predicted octanol–water partition coefficient (Wildman–Crippen LogP) is 3.51. The summed E-state index contributed by atoms with van der Waals surface area (Å²) >= 11 is 0. The van der Waals surface area contributed by atoms with Gasteiger partial charge in [0.25, 0.3) is 0 Å². The van der Waals surface area contributed by atoms with Gasteiger partial charge in [-0.1, -0.05) is 42.5 Å². The van der Waals surface area contributed by atoms with E-state index in [0.29, 0.717) is 19.1 Å². The zero-order valence-electron chi connectivity index (χ0n) is 11.4. The van der Waals surface area contributed by atoms with Crippen LogP contribution in [0.3, 0.4) is 0 Å². The summed E-state index contributed by atoms with van der Waals surface area (Å²) in [6.45, 7) is 3.42. The van der Waals surface area contributed by atoms with Crippen LogP contribution >= 0.6 is 0 Å². The fourth-order valence-electron chi connectivity index (χ4n) is 2.17. The summed E-state index contributed by atoms with van der Waals surface area (Å²) in [5.74, 6) is 1.30. The number of nitrogens with two attached hydrogens (primary N) is 1. The molecule has 0 saturated heterocycles. The Bertz CT molecular complexity index is 496. The standard InChI is InChI=1S/C17H21NO/c1-14-6-5-9-17(12-14)19-11-10-16(13-18)15-7-3-2-4-8-15/h2-9,12,16H,10-11,13,18H2,1H3. The third kappa shape index (κ3) is 4.11. The second-order valence-corrected chi connectivity index (χ2v) is 4.80. The molecule has 0 amide bonds. The molecule has 100 valence electrons. The van der Waals surface area contributed by atoms with Crippen molar-refractivity contribution in [3.05, 3.63) is 65.7 Å². The number of rotatable bonds is 6. The zero-order valence-corrected chi connectivity index (χ0v) is 11.4. The van der Waals surface area contributed by atoms with Gasteiger partial charge in [0, 0.05) is 0 Å². The third-order valence-corrected chi connectivity index (χ3v) is 3.28. The molecule has 1 atom stereocenters. The molecule has 0 heterocycles. The molecule has 19 heavy (non-hydrogen) atoms. The first kappa shape index (κ1) is 13.6. The molecular weight excluding hydrogens is 234 g/mol.